The van der Waals surface area contributed by atoms with Crippen molar-refractivity contribution in [3.63, 3.8) is 0 Å². The first-order valence-electron chi connectivity index (χ1n) is 10.8. The molecule has 1 aromatic carbocycles. The van der Waals surface area contributed by atoms with Crippen LogP contribution in [0.4, 0.5) is 0 Å². The van der Waals surface area contributed by atoms with Gasteiger partial charge in [-0.1, -0.05) is 67.4 Å². The van der Waals surface area contributed by atoms with Gasteiger partial charge in [0.05, 0.1) is 12.2 Å². The highest BCUT2D eigenvalue weighted by Gasteiger charge is 2.23. The fraction of sp³-hybridized carbons (Fsp3) is 0.391. The Morgan fingerprint density at radius 3 is 2.55 bits per heavy atom. The maximum absolute atomic E-state index is 5.89. The molecule has 0 amide bonds. The van der Waals surface area contributed by atoms with Crippen molar-refractivity contribution in [2.75, 3.05) is 0 Å². The van der Waals surface area contributed by atoms with Crippen LogP contribution in [0.15, 0.2) is 57.4 Å². The lowest BCUT2D eigenvalue weighted by Crippen LogP contribution is -2.16. The summed E-state index contributed by atoms with van der Waals surface area (Å²) in [6.07, 6.45) is 7.77. The van der Waals surface area contributed by atoms with Gasteiger partial charge in [0.15, 0.2) is 5.16 Å². The Kier molecular flexibility index (Phi) is 6.46. The first kappa shape index (κ1) is 20.5. The predicted octanol–water partition coefficient (Wildman–Crippen LogP) is 5.70. The lowest BCUT2D eigenvalue weighted by molar-refractivity contribution is 0.330. The lowest BCUT2D eigenvalue weighted by Gasteiger charge is -2.25. The van der Waals surface area contributed by atoms with Gasteiger partial charge in [0.25, 0.3) is 0 Å². The van der Waals surface area contributed by atoms with Crippen molar-refractivity contribution >= 4 is 23.1 Å². The molecule has 31 heavy (non-hydrogen) atoms. The van der Waals surface area contributed by atoms with Crippen molar-refractivity contribution < 1.29 is 4.42 Å². The molecule has 0 radical (unpaired) electrons. The highest BCUT2D eigenvalue weighted by atomic mass is 32.2. The summed E-state index contributed by atoms with van der Waals surface area (Å²) < 4.78 is 8.27. The molecule has 3 aromatic heterocycles. The van der Waals surface area contributed by atoms with E-state index in [4.69, 9.17) is 4.42 Å². The Morgan fingerprint density at radius 2 is 1.74 bits per heavy atom. The van der Waals surface area contributed by atoms with E-state index >= 15 is 0 Å². The van der Waals surface area contributed by atoms with Crippen LogP contribution in [0.25, 0.3) is 0 Å². The van der Waals surface area contributed by atoms with Crippen LogP contribution in [-0.2, 0) is 18.6 Å². The summed E-state index contributed by atoms with van der Waals surface area (Å²) >= 11 is 3.42. The molecule has 3 heterocycles. The number of hydrogen-bond acceptors (Lipinski definition) is 7. The summed E-state index contributed by atoms with van der Waals surface area (Å²) in [4.78, 5) is 1.32. The standard InChI is InChI=1S/C23H25N5OS2/c1-3-8-17(9-4-1)14-21-25-26-22(29-21)16-31-23-27-24-20(15-19-12-7-13-30-19)28(23)18-10-5-2-6-11-18/h1,3-4,7-9,12-13,18H,2,5-6,10-11,14-16H2. The van der Waals surface area contributed by atoms with Crippen LogP contribution in [0.5, 0.6) is 0 Å². The monoisotopic (exact) mass is 451 g/mol. The second-order valence-corrected chi connectivity index (χ2v) is 9.83. The molecule has 0 saturated heterocycles. The van der Waals surface area contributed by atoms with Gasteiger partial charge in [0, 0.05) is 17.3 Å². The smallest absolute Gasteiger partial charge is 0.226 e. The van der Waals surface area contributed by atoms with Crippen LogP contribution in [-0.4, -0.2) is 25.0 Å². The second kappa shape index (κ2) is 9.78. The number of thioether (sulfide) groups is 1. The molecular formula is C23H25N5OS2. The molecule has 5 rings (SSSR count). The third-order valence-electron chi connectivity index (χ3n) is 5.62. The van der Waals surface area contributed by atoms with E-state index in [0.717, 1.165) is 17.4 Å². The zero-order valence-corrected chi connectivity index (χ0v) is 18.9. The number of thiophene rings is 1. The average Bonchev–Trinajstić information content (AvgIpc) is 3.56. The van der Waals surface area contributed by atoms with Crippen LogP contribution < -0.4 is 0 Å². The van der Waals surface area contributed by atoms with Crippen LogP contribution in [0.2, 0.25) is 0 Å². The Balaban J connectivity index is 1.30. The van der Waals surface area contributed by atoms with Crippen molar-refractivity contribution in [3.8, 4) is 0 Å². The number of hydrogen-bond donors (Lipinski definition) is 0. The van der Waals surface area contributed by atoms with Gasteiger partial charge >= 0.3 is 0 Å². The molecule has 0 atom stereocenters. The molecule has 1 saturated carbocycles. The molecule has 0 N–H and O–H groups in total. The van der Waals surface area contributed by atoms with Gasteiger partial charge < -0.3 is 8.98 Å². The molecule has 1 aliphatic carbocycles. The fourth-order valence-electron chi connectivity index (χ4n) is 4.12. The van der Waals surface area contributed by atoms with Crippen molar-refractivity contribution in [2.45, 2.75) is 61.9 Å². The largest absolute Gasteiger partial charge is 0.424 e. The minimum Gasteiger partial charge on any atom is -0.424 e. The normalized spacial score (nSPS) is 14.8. The van der Waals surface area contributed by atoms with Gasteiger partial charge in [-0.25, -0.2) is 0 Å². The Hall–Kier alpha value is -2.45. The second-order valence-electron chi connectivity index (χ2n) is 7.86. The molecule has 0 aliphatic heterocycles. The fourth-order valence-corrected chi connectivity index (χ4v) is 5.68. The zero-order chi connectivity index (χ0) is 20.9. The number of aromatic nitrogens is 5. The summed E-state index contributed by atoms with van der Waals surface area (Å²) in [5.74, 6) is 2.95. The van der Waals surface area contributed by atoms with E-state index in [2.05, 4.69) is 54.6 Å². The Morgan fingerprint density at radius 1 is 0.903 bits per heavy atom. The molecule has 160 valence electrons. The minimum absolute atomic E-state index is 0.484. The molecule has 0 spiro atoms. The third-order valence-corrected chi connectivity index (χ3v) is 7.42. The van der Waals surface area contributed by atoms with Gasteiger partial charge in [0.1, 0.15) is 5.82 Å². The maximum atomic E-state index is 5.89. The average molecular weight is 452 g/mol. The number of rotatable bonds is 8. The number of nitrogens with zero attached hydrogens (tertiary/aromatic N) is 5. The zero-order valence-electron chi connectivity index (χ0n) is 17.3. The number of benzene rings is 1. The van der Waals surface area contributed by atoms with Crippen LogP contribution >= 0.6 is 23.1 Å². The van der Waals surface area contributed by atoms with E-state index in [-0.39, 0.29) is 0 Å². The molecule has 4 aromatic rings. The van der Waals surface area contributed by atoms with Crippen molar-refractivity contribution in [3.05, 3.63) is 75.9 Å². The lowest BCUT2D eigenvalue weighted by atomic mass is 9.95. The molecule has 8 heteroatoms. The van der Waals surface area contributed by atoms with E-state index in [1.807, 2.05) is 18.2 Å². The molecule has 1 aliphatic rings. The van der Waals surface area contributed by atoms with Crippen molar-refractivity contribution in [1.29, 1.82) is 0 Å². The molecular weight excluding hydrogens is 426 g/mol. The van der Waals surface area contributed by atoms with Crippen LogP contribution in [0.1, 0.15) is 66.2 Å². The highest BCUT2D eigenvalue weighted by Crippen LogP contribution is 2.34. The van der Waals surface area contributed by atoms with E-state index in [1.165, 1.54) is 42.5 Å². The summed E-state index contributed by atoms with van der Waals surface area (Å²) in [6.45, 7) is 0. The Labute approximate surface area is 190 Å². The molecule has 6 nitrogen and oxygen atoms in total. The van der Waals surface area contributed by atoms with Crippen LogP contribution in [0.3, 0.4) is 0 Å². The first-order chi connectivity index (χ1) is 15.3. The third kappa shape index (κ3) is 5.07. The summed E-state index contributed by atoms with van der Waals surface area (Å²) in [7, 11) is 0. The van der Waals surface area contributed by atoms with Gasteiger partial charge in [0.2, 0.25) is 11.8 Å². The van der Waals surface area contributed by atoms with Gasteiger partial charge in [-0.3, -0.25) is 0 Å². The molecule has 0 bridgehead atoms. The minimum atomic E-state index is 0.484. The Bertz CT molecular complexity index is 1080. The van der Waals surface area contributed by atoms with Gasteiger partial charge in [-0.15, -0.1) is 31.7 Å². The van der Waals surface area contributed by atoms with Gasteiger partial charge in [-0.05, 0) is 29.9 Å². The summed E-state index contributed by atoms with van der Waals surface area (Å²) in [5.41, 5.74) is 1.17. The summed E-state index contributed by atoms with van der Waals surface area (Å²) in [6, 6.07) is 14.9. The van der Waals surface area contributed by atoms with E-state index in [0.29, 0.717) is 30.0 Å². The van der Waals surface area contributed by atoms with E-state index in [9.17, 15) is 0 Å². The van der Waals surface area contributed by atoms with Gasteiger partial charge in [-0.2, -0.15) is 0 Å². The van der Waals surface area contributed by atoms with Crippen molar-refractivity contribution in [2.24, 2.45) is 0 Å². The first-order valence-corrected chi connectivity index (χ1v) is 12.7. The SMILES string of the molecule is c1ccc(Cc2nnc(CSc3nnc(Cc4cccs4)n3C3CCCCC3)o2)cc1. The maximum Gasteiger partial charge on any atom is 0.226 e. The van der Waals surface area contributed by atoms with Crippen LogP contribution in [0, 0.1) is 0 Å². The molecule has 0 unspecified atom stereocenters. The highest BCUT2D eigenvalue weighted by molar-refractivity contribution is 7.98. The summed E-state index contributed by atoms with van der Waals surface area (Å²) in [5, 5.41) is 20.7. The predicted molar refractivity (Wildman–Crippen MR) is 122 cm³/mol. The quantitative estimate of drug-likeness (QED) is 0.320. The van der Waals surface area contributed by atoms with Crippen molar-refractivity contribution in [1.82, 2.24) is 25.0 Å². The topological polar surface area (TPSA) is 69.6 Å². The van der Waals surface area contributed by atoms with E-state index < -0.39 is 0 Å². The van der Waals surface area contributed by atoms with E-state index in [1.54, 1.807) is 23.1 Å². The molecule has 1 fully saturated rings.